The monoisotopic (exact) mass is 312 g/mol. The average molecular weight is 313 g/mol. The van der Waals surface area contributed by atoms with E-state index in [9.17, 15) is 0 Å². The van der Waals surface area contributed by atoms with Gasteiger partial charge in [0.05, 0.1) is 0 Å². The molecule has 0 N–H and O–H groups in total. The van der Waals surface area contributed by atoms with Crippen molar-refractivity contribution < 1.29 is 0 Å². The van der Waals surface area contributed by atoms with Crippen molar-refractivity contribution in [1.29, 1.82) is 0 Å². The van der Waals surface area contributed by atoms with Gasteiger partial charge in [0.2, 0.25) is 0 Å². The van der Waals surface area contributed by atoms with Crippen LogP contribution in [0.4, 0.5) is 0 Å². The van der Waals surface area contributed by atoms with Crippen LogP contribution in [0.15, 0.2) is 18.2 Å². The molecular formula is C16H22Cl2N2. The van der Waals surface area contributed by atoms with Gasteiger partial charge in [0.1, 0.15) is 0 Å². The van der Waals surface area contributed by atoms with Gasteiger partial charge in [-0.15, -0.1) is 0 Å². The molecule has 4 heteroatoms. The maximum atomic E-state index is 6.26. The lowest BCUT2D eigenvalue weighted by atomic mass is 10.1. The first-order valence-electron chi connectivity index (χ1n) is 7.63. The lowest BCUT2D eigenvalue weighted by Crippen LogP contribution is -2.37. The zero-order chi connectivity index (χ0) is 13.9. The number of fused-ring (bicyclic) bond motifs is 1. The molecule has 2 aliphatic rings. The number of hydrogen-bond acceptors (Lipinski definition) is 2. The van der Waals surface area contributed by atoms with E-state index in [4.69, 9.17) is 23.2 Å². The number of nitrogens with zero attached hydrogens (tertiary/aromatic N) is 2. The molecule has 0 radical (unpaired) electrons. The van der Waals surface area contributed by atoms with Gasteiger partial charge in [0, 0.05) is 29.2 Å². The lowest BCUT2D eigenvalue weighted by Gasteiger charge is -2.25. The third-order valence-corrected chi connectivity index (χ3v) is 5.19. The summed E-state index contributed by atoms with van der Waals surface area (Å²) >= 11 is 12.2. The Balaban J connectivity index is 1.57. The maximum Gasteiger partial charge on any atom is 0.0453 e. The smallest absolute Gasteiger partial charge is 0.0453 e. The molecule has 110 valence electrons. The van der Waals surface area contributed by atoms with Gasteiger partial charge in [-0.05, 0) is 63.0 Å². The van der Waals surface area contributed by atoms with Crippen molar-refractivity contribution in [2.75, 3.05) is 32.7 Å². The molecule has 1 unspecified atom stereocenters. The van der Waals surface area contributed by atoms with Crippen molar-refractivity contribution in [2.45, 2.75) is 31.7 Å². The van der Waals surface area contributed by atoms with Gasteiger partial charge in [0.15, 0.2) is 0 Å². The van der Waals surface area contributed by atoms with Crippen LogP contribution in [0.2, 0.25) is 10.0 Å². The fraction of sp³-hybridized carbons (Fsp3) is 0.625. The van der Waals surface area contributed by atoms with Gasteiger partial charge >= 0.3 is 0 Å². The minimum atomic E-state index is 0.718. The molecule has 0 amide bonds. The van der Waals surface area contributed by atoms with Crippen molar-refractivity contribution in [1.82, 2.24) is 9.80 Å². The number of rotatable bonds is 3. The van der Waals surface area contributed by atoms with E-state index in [0.29, 0.717) is 0 Å². The quantitative estimate of drug-likeness (QED) is 0.839. The van der Waals surface area contributed by atoms with Gasteiger partial charge in [-0.1, -0.05) is 29.3 Å². The molecule has 2 saturated heterocycles. The maximum absolute atomic E-state index is 6.26. The summed E-state index contributed by atoms with van der Waals surface area (Å²) in [5.41, 5.74) is 1.21. The second kappa shape index (κ2) is 6.65. The summed E-state index contributed by atoms with van der Waals surface area (Å²) in [7, 11) is 0. The van der Waals surface area contributed by atoms with Gasteiger partial charge < -0.3 is 4.90 Å². The SMILES string of the molecule is Clc1ccc(CCN2CCCN3CCCC3C2)c(Cl)c1. The molecule has 1 aromatic rings. The van der Waals surface area contributed by atoms with Crippen LogP contribution in [0.3, 0.4) is 0 Å². The Kier molecular flexibility index (Phi) is 4.87. The summed E-state index contributed by atoms with van der Waals surface area (Å²) in [5, 5.41) is 1.52. The normalized spacial score (nSPS) is 24.6. The molecule has 0 aliphatic carbocycles. The van der Waals surface area contributed by atoms with E-state index in [2.05, 4.69) is 15.9 Å². The van der Waals surface area contributed by atoms with Gasteiger partial charge in [-0.3, -0.25) is 4.90 Å². The van der Waals surface area contributed by atoms with Gasteiger partial charge in [-0.2, -0.15) is 0 Å². The molecule has 2 heterocycles. The van der Waals surface area contributed by atoms with E-state index in [1.807, 2.05) is 12.1 Å². The summed E-state index contributed by atoms with van der Waals surface area (Å²) in [4.78, 5) is 5.29. The predicted octanol–water partition coefficient (Wildman–Crippen LogP) is 3.71. The van der Waals surface area contributed by atoms with E-state index < -0.39 is 0 Å². The van der Waals surface area contributed by atoms with Crippen molar-refractivity contribution in [3.63, 3.8) is 0 Å². The van der Waals surface area contributed by atoms with E-state index in [0.717, 1.165) is 29.1 Å². The molecular weight excluding hydrogens is 291 g/mol. The molecule has 1 atom stereocenters. The third kappa shape index (κ3) is 3.48. The van der Waals surface area contributed by atoms with Crippen LogP contribution in [-0.4, -0.2) is 48.6 Å². The van der Waals surface area contributed by atoms with E-state index in [1.165, 1.54) is 51.0 Å². The highest BCUT2D eigenvalue weighted by Crippen LogP contribution is 2.23. The highest BCUT2D eigenvalue weighted by Gasteiger charge is 2.28. The molecule has 20 heavy (non-hydrogen) atoms. The van der Waals surface area contributed by atoms with Crippen LogP contribution < -0.4 is 0 Å². The molecule has 0 aromatic heterocycles. The largest absolute Gasteiger partial charge is 0.301 e. The summed E-state index contributed by atoms with van der Waals surface area (Å²) in [6, 6.07) is 6.63. The van der Waals surface area contributed by atoms with E-state index in [-0.39, 0.29) is 0 Å². The van der Waals surface area contributed by atoms with Crippen LogP contribution in [0.5, 0.6) is 0 Å². The van der Waals surface area contributed by atoms with Crippen LogP contribution in [0.1, 0.15) is 24.8 Å². The Bertz CT molecular complexity index is 464. The molecule has 0 bridgehead atoms. The summed E-state index contributed by atoms with van der Waals surface area (Å²) in [6.45, 7) is 6.14. The Labute approximate surface area is 131 Å². The van der Waals surface area contributed by atoms with Crippen LogP contribution in [-0.2, 0) is 6.42 Å². The van der Waals surface area contributed by atoms with Gasteiger partial charge in [-0.25, -0.2) is 0 Å². The summed E-state index contributed by atoms with van der Waals surface area (Å²) in [5.74, 6) is 0. The Morgan fingerprint density at radius 2 is 1.95 bits per heavy atom. The van der Waals surface area contributed by atoms with Crippen LogP contribution in [0.25, 0.3) is 0 Å². The van der Waals surface area contributed by atoms with E-state index in [1.54, 1.807) is 0 Å². The summed E-state index contributed by atoms with van der Waals surface area (Å²) in [6.07, 6.45) is 5.06. The fourth-order valence-corrected chi connectivity index (χ4v) is 3.99. The lowest BCUT2D eigenvalue weighted by molar-refractivity contribution is 0.221. The molecule has 2 nitrogen and oxygen atoms in total. The second-order valence-electron chi connectivity index (χ2n) is 5.97. The van der Waals surface area contributed by atoms with Crippen LogP contribution >= 0.6 is 23.2 Å². The topological polar surface area (TPSA) is 6.48 Å². The number of halogens is 2. The molecule has 2 aliphatic heterocycles. The first-order valence-corrected chi connectivity index (χ1v) is 8.38. The predicted molar refractivity (Wildman–Crippen MR) is 85.8 cm³/mol. The molecule has 2 fully saturated rings. The van der Waals surface area contributed by atoms with Crippen molar-refractivity contribution in [3.05, 3.63) is 33.8 Å². The minimum Gasteiger partial charge on any atom is -0.301 e. The Hall–Kier alpha value is -0.280. The first-order chi connectivity index (χ1) is 9.72. The number of benzene rings is 1. The van der Waals surface area contributed by atoms with Crippen molar-refractivity contribution in [3.8, 4) is 0 Å². The van der Waals surface area contributed by atoms with Crippen molar-refractivity contribution in [2.24, 2.45) is 0 Å². The Morgan fingerprint density at radius 3 is 2.80 bits per heavy atom. The average Bonchev–Trinajstić information content (AvgIpc) is 2.76. The highest BCUT2D eigenvalue weighted by atomic mass is 35.5. The zero-order valence-electron chi connectivity index (χ0n) is 11.8. The van der Waals surface area contributed by atoms with Crippen LogP contribution in [0, 0.1) is 0 Å². The standard InChI is InChI=1S/C16H22Cl2N2/c17-14-5-4-13(16(18)11-14)6-10-19-7-2-9-20-8-1-3-15(20)12-19/h4-5,11,15H,1-3,6-10,12H2. The number of hydrogen-bond donors (Lipinski definition) is 0. The molecule has 3 rings (SSSR count). The first kappa shape index (κ1) is 14.6. The third-order valence-electron chi connectivity index (χ3n) is 4.60. The van der Waals surface area contributed by atoms with Gasteiger partial charge in [0.25, 0.3) is 0 Å². The second-order valence-corrected chi connectivity index (χ2v) is 6.82. The Morgan fingerprint density at radius 1 is 1.10 bits per heavy atom. The molecule has 1 aromatic carbocycles. The minimum absolute atomic E-state index is 0.718. The van der Waals surface area contributed by atoms with E-state index >= 15 is 0 Å². The van der Waals surface area contributed by atoms with Crippen molar-refractivity contribution >= 4 is 23.2 Å². The highest BCUT2D eigenvalue weighted by molar-refractivity contribution is 6.35. The molecule has 0 spiro atoms. The summed E-state index contributed by atoms with van der Waals surface area (Å²) < 4.78 is 0. The fourth-order valence-electron chi connectivity index (χ4n) is 3.49. The zero-order valence-corrected chi connectivity index (χ0v) is 13.3. The molecule has 0 saturated carbocycles.